The highest BCUT2D eigenvalue weighted by molar-refractivity contribution is 5.46. The molecule has 2 rings (SSSR count). The molecule has 3 heteroatoms. The van der Waals surface area contributed by atoms with Gasteiger partial charge in [-0.3, -0.25) is 0 Å². The number of likely N-dealkylation sites (tertiary alicyclic amines) is 1. The van der Waals surface area contributed by atoms with E-state index in [1.54, 1.807) is 0 Å². The van der Waals surface area contributed by atoms with Crippen LogP contribution in [0.25, 0.3) is 0 Å². The third-order valence-electron chi connectivity index (χ3n) is 3.61. The fourth-order valence-electron chi connectivity index (χ4n) is 2.61. The van der Waals surface area contributed by atoms with E-state index in [0.717, 1.165) is 11.3 Å². The van der Waals surface area contributed by atoms with Crippen LogP contribution < -0.4 is 5.32 Å². The van der Waals surface area contributed by atoms with Crippen molar-refractivity contribution >= 4 is 5.69 Å². The molecule has 0 amide bonds. The number of hydrogen-bond acceptors (Lipinski definition) is 3. The molecule has 1 aliphatic heterocycles. The van der Waals surface area contributed by atoms with Gasteiger partial charge in [-0.25, -0.2) is 0 Å². The largest absolute Gasteiger partial charge is 0.392 e. The number of hydrogen-bond donors (Lipinski definition) is 2. The van der Waals surface area contributed by atoms with E-state index in [9.17, 15) is 0 Å². The van der Waals surface area contributed by atoms with E-state index in [2.05, 4.69) is 23.2 Å². The van der Waals surface area contributed by atoms with E-state index in [0.29, 0.717) is 6.04 Å². The van der Waals surface area contributed by atoms with Crippen LogP contribution in [0, 0.1) is 0 Å². The van der Waals surface area contributed by atoms with E-state index in [4.69, 9.17) is 5.11 Å². The molecular weight excluding hydrogens is 224 g/mol. The molecule has 1 aromatic carbocycles. The number of aliphatic hydroxyl groups excluding tert-OH is 1. The van der Waals surface area contributed by atoms with Crippen LogP contribution in [0.2, 0.25) is 0 Å². The van der Waals surface area contributed by atoms with Gasteiger partial charge in [0.05, 0.1) is 6.61 Å². The Morgan fingerprint density at radius 2 is 2.11 bits per heavy atom. The molecule has 0 radical (unpaired) electrons. The van der Waals surface area contributed by atoms with Crippen molar-refractivity contribution in [2.45, 2.75) is 38.8 Å². The number of anilines is 1. The minimum Gasteiger partial charge on any atom is -0.392 e. The van der Waals surface area contributed by atoms with Crippen molar-refractivity contribution in [1.82, 2.24) is 4.90 Å². The monoisotopic (exact) mass is 248 g/mol. The number of piperidine rings is 1. The van der Waals surface area contributed by atoms with Gasteiger partial charge in [-0.1, -0.05) is 19.1 Å². The van der Waals surface area contributed by atoms with Crippen LogP contribution in [0.4, 0.5) is 5.69 Å². The zero-order valence-corrected chi connectivity index (χ0v) is 11.2. The van der Waals surface area contributed by atoms with Gasteiger partial charge in [-0.15, -0.1) is 0 Å². The average molecular weight is 248 g/mol. The van der Waals surface area contributed by atoms with Crippen LogP contribution in [-0.2, 0) is 6.61 Å². The topological polar surface area (TPSA) is 35.5 Å². The van der Waals surface area contributed by atoms with Gasteiger partial charge in [-0.05, 0) is 43.5 Å². The third kappa shape index (κ3) is 3.72. The summed E-state index contributed by atoms with van der Waals surface area (Å²) in [6.07, 6.45) is 3.67. The predicted molar refractivity (Wildman–Crippen MR) is 75.7 cm³/mol. The Kier molecular flexibility index (Phi) is 5.02. The minimum atomic E-state index is 0.116. The maximum Gasteiger partial charge on any atom is 0.0682 e. The van der Waals surface area contributed by atoms with E-state index in [1.165, 1.54) is 38.9 Å². The molecule has 1 heterocycles. The lowest BCUT2D eigenvalue weighted by atomic mass is 10.0. The molecule has 0 aliphatic carbocycles. The Balaban J connectivity index is 1.83. The highest BCUT2D eigenvalue weighted by Gasteiger charge is 2.18. The zero-order valence-electron chi connectivity index (χ0n) is 11.2. The lowest BCUT2D eigenvalue weighted by molar-refractivity contribution is 0.219. The summed E-state index contributed by atoms with van der Waals surface area (Å²) in [4.78, 5) is 2.54. The van der Waals surface area contributed by atoms with Gasteiger partial charge in [0.15, 0.2) is 0 Å². The molecule has 18 heavy (non-hydrogen) atoms. The van der Waals surface area contributed by atoms with E-state index < -0.39 is 0 Å². The maximum absolute atomic E-state index is 9.13. The molecule has 1 aliphatic rings. The van der Waals surface area contributed by atoms with Crippen molar-refractivity contribution in [2.75, 3.05) is 25.0 Å². The van der Waals surface area contributed by atoms with Crippen LogP contribution in [0.3, 0.4) is 0 Å². The second kappa shape index (κ2) is 6.76. The van der Waals surface area contributed by atoms with Crippen LogP contribution in [0.15, 0.2) is 24.3 Å². The second-order valence-electron chi connectivity index (χ2n) is 5.12. The standard InChI is InChI=1S/C15H24N2O/c1-2-8-17-9-6-14(7-10-17)16-15-5-3-4-13(11-15)12-18/h3-5,11,14,16,18H,2,6-10,12H2,1H3. The molecule has 100 valence electrons. The van der Waals surface area contributed by atoms with Gasteiger partial charge < -0.3 is 15.3 Å². The summed E-state index contributed by atoms with van der Waals surface area (Å²) in [5, 5.41) is 12.7. The van der Waals surface area contributed by atoms with Crippen LogP contribution >= 0.6 is 0 Å². The van der Waals surface area contributed by atoms with Gasteiger partial charge >= 0.3 is 0 Å². The number of nitrogens with zero attached hydrogens (tertiary/aromatic N) is 1. The summed E-state index contributed by atoms with van der Waals surface area (Å²) in [6.45, 7) is 5.98. The number of benzene rings is 1. The summed E-state index contributed by atoms with van der Waals surface area (Å²) >= 11 is 0. The van der Waals surface area contributed by atoms with Crippen LogP contribution in [-0.4, -0.2) is 35.7 Å². The molecule has 2 N–H and O–H groups in total. The third-order valence-corrected chi connectivity index (χ3v) is 3.61. The first-order valence-corrected chi connectivity index (χ1v) is 7.00. The molecule has 0 saturated carbocycles. The van der Waals surface area contributed by atoms with Gasteiger partial charge in [0, 0.05) is 24.8 Å². The van der Waals surface area contributed by atoms with Crippen molar-refractivity contribution in [3.63, 3.8) is 0 Å². The molecule has 0 bridgehead atoms. The van der Waals surface area contributed by atoms with Crippen LogP contribution in [0.1, 0.15) is 31.7 Å². The van der Waals surface area contributed by atoms with Gasteiger partial charge in [0.1, 0.15) is 0 Å². The second-order valence-corrected chi connectivity index (χ2v) is 5.12. The van der Waals surface area contributed by atoms with E-state index in [-0.39, 0.29) is 6.61 Å². The summed E-state index contributed by atoms with van der Waals surface area (Å²) < 4.78 is 0. The Bertz CT molecular complexity index is 359. The predicted octanol–water partition coefficient (Wildman–Crippen LogP) is 2.47. The van der Waals surface area contributed by atoms with Crippen LogP contribution in [0.5, 0.6) is 0 Å². The zero-order chi connectivity index (χ0) is 12.8. The number of aliphatic hydroxyl groups is 1. The van der Waals surface area contributed by atoms with E-state index in [1.807, 2.05) is 18.2 Å². The summed E-state index contributed by atoms with van der Waals surface area (Å²) in [5.41, 5.74) is 2.11. The quantitative estimate of drug-likeness (QED) is 0.840. The normalized spacial score (nSPS) is 17.9. The van der Waals surface area contributed by atoms with Crippen molar-refractivity contribution in [3.05, 3.63) is 29.8 Å². The van der Waals surface area contributed by atoms with Crippen molar-refractivity contribution in [1.29, 1.82) is 0 Å². The summed E-state index contributed by atoms with van der Waals surface area (Å²) in [6, 6.07) is 8.65. The Hall–Kier alpha value is -1.06. The average Bonchev–Trinajstić information content (AvgIpc) is 2.42. The lowest BCUT2D eigenvalue weighted by Gasteiger charge is -2.32. The molecule has 3 nitrogen and oxygen atoms in total. The SMILES string of the molecule is CCCN1CCC(Nc2cccc(CO)c2)CC1. The Morgan fingerprint density at radius 3 is 2.78 bits per heavy atom. The number of nitrogens with one attached hydrogen (secondary N) is 1. The van der Waals surface area contributed by atoms with Gasteiger partial charge in [0.2, 0.25) is 0 Å². The molecule has 1 aromatic rings. The molecule has 1 saturated heterocycles. The number of rotatable bonds is 5. The first-order valence-electron chi connectivity index (χ1n) is 7.00. The van der Waals surface area contributed by atoms with Gasteiger partial charge in [-0.2, -0.15) is 0 Å². The maximum atomic E-state index is 9.13. The molecule has 0 unspecified atom stereocenters. The fourth-order valence-corrected chi connectivity index (χ4v) is 2.61. The molecule has 0 atom stereocenters. The first kappa shape index (κ1) is 13.4. The Morgan fingerprint density at radius 1 is 1.33 bits per heavy atom. The lowest BCUT2D eigenvalue weighted by Crippen LogP contribution is -2.39. The van der Waals surface area contributed by atoms with Crippen molar-refractivity contribution in [3.8, 4) is 0 Å². The summed E-state index contributed by atoms with van der Waals surface area (Å²) in [7, 11) is 0. The minimum absolute atomic E-state index is 0.116. The van der Waals surface area contributed by atoms with E-state index >= 15 is 0 Å². The summed E-state index contributed by atoms with van der Waals surface area (Å²) in [5.74, 6) is 0. The first-order chi connectivity index (χ1) is 8.81. The molecule has 1 fully saturated rings. The van der Waals surface area contributed by atoms with Crippen molar-refractivity contribution < 1.29 is 5.11 Å². The fraction of sp³-hybridized carbons (Fsp3) is 0.600. The Labute approximate surface area is 110 Å². The molecule has 0 spiro atoms. The van der Waals surface area contributed by atoms with Crippen molar-refractivity contribution in [2.24, 2.45) is 0 Å². The van der Waals surface area contributed by atoms with Gasteiger partial charge in [0.25, 0.3) is 0 Å². The highest BCUT2D eigenvalue weighted by Crippen LogP contribution is 2.17. The molecule has 0 aromatic heterocycles. The molecular formula is C15H24N2O. The highest BCUT2D eigenvalue weighted by atomic mass is 16.3. The smallest absolute Gasteiger partial charge is 0.0682 e.